The summed E-state index contributed by atoms with van der Waals surface area (Å²) in [5.41, 5.74) is 3.45. The average Bonchev–Trinajstić information content (AvgIpc) is 3.29. The van der Waals surface area contributed by atoms with E-state index in [1.807, 2.05) is 50.2 Å². The van der Waals surface area contributed by atoms with E-state index >= 15 is 0 Å². The van der Waals surface area contributed by atoms with Crippen LogP contribution in [0.25, 0.3) is 22.6 Å². The van der Waals surface area contributed by atoms with Crippen LogP contribution in [0.5, 0.6) is 0 Å². The van der Waals surface area contributed by atoms with Crippen molar-refractivity contribution in [2.24, 2.45) is 0 Å². The first-order chi connectivity index (χ1) is 15.1. The third-order valence-electron chi connectivity index (χ3n) is 5.42. The standard InChI is InChI=1S/C24H27N3O4/c1-3-27(22-14-25-11-12-30-22)24(29)23-16(2)26-20(17-7-5-4-6-8-17)13-19(23)21-10-9-18(15-28)31-21/h4-10,13,22,25,28H,3,11-12,14-15H2,1-2H3. The molecule has 0 radical (unpaired) electrons. The highest BCUT2D eigenvalue weighted by molar-refractivity contribution is 6.02. The lowest BCUT2D eigenvalue weighted by molar-refractivity contribution is -0.0588. The molecule has 0 bridgehead atoms. The van der Waals surface area contributed by atoms with Gasteiger partial charge >= 0.3 is 0 Å². The number of aliphatic hydroxyl groups is 1. The fourth-order valence-electron chi connectivity index (χ4n) is 3.87. The van der Waals surface area contributed by atoms with Crippen LogP contribution in [0.15, 0.2) is 52.9 Å². The lowest BCUT2D eigenvalue weighted by atomic mass is 9.99. The third-order valence-corrected chi connectivity index (χ3v) is 5.42. The highest BCUT2D eigenvalue weighted by atomic mass is 16.5. The van der Waals surface area contributed by atoms with E-state index in [0.717, 1.165) is 17.8 Å². The van der Waals surface area contributed by atoms with Crippen LogP contribution in [-0.4, -0.2) is 53.4 Å². The summed E-state index contributed by atoms with van der Waals surface area (Å²) in [5.74, 6) is 0.808. The van der Waals surface area contributed by atoms with Crippen LogP contribution in [0.1, 0.15) is 28.7 Å². The van der Waals surface area contributed by atoms with Crippen molar-refractivity contribution in [2.75, 3.05) is 26.2 Å². The number of aliphatic hydroxyl groups excluding tert-OH is 1. The van der Waals surface area contributed by atoms with Crippen LogP contribution in [0.4, 0.5) is 0 Å². The van der Waals surface area contributed by atoms with Gasteiger partial charge in [-0.05, 0) is 32.0 Å². The van der Waals surface area contributed by atoms with Crippen molar-refractivity contribution in [3.63, 3.8) is 0 Å². The van der Waals surface area contributed by atoms with Gasteiger partial charge in [-0.3, -0.25) is 9.78 Å². The molecule has 4 rings (SSSR count). The number of likely N-dealkylation sites (N-methyl/N-ethyl adjacent to an activating group) is 1. The van der Waals surface area contributed by atoms with Gasteiger partial charge in [-0.25, -0.2) is 0 Å². The number of aryl methyl sites for hydroxylation is 1. The summed E-state index contributed by atoms with van der Waals surface area (Å²) in [7, 11) is 0. The maximum atomic E-state index is 13.7. The minimum Gasteiger partial charge on any atom is -0.459 e. The molecule has 7 nitrogen and oxygen atoms in total. The number of pyridine rings is 1. The first-order valence-electron chi connectivity index (χ1n) is 10.5. The van der Waals surface area contributed by atoms with Gasteiger partial charge < -0.3 is 24.5 Å². The van der Waals surface area contributed by atoms with E-state index < -0.39 is 0 Å². The Balaban J connectivity index is 1.82. The lowest BCUT2D eigenvalue weighted by Gasteiger charge is -2.34. The van der Waals surface area contributed by atoms with Gasteiger partial charge in [-0.15, -0.1) is 0 Å². The van der Waals surface area contributed by atoms with Gasteiger partial charge in [-0.1, -0.05) is 30.3 Å². The molecule has 1 fully saturated rings. The molecule has 2 aromatic heterocycles. The quantitative estimate of drug-likeness (QED) is 0.636. The zero-order chi connectivity index (χ0) is 21.8. The number of amides is 1. The molecule has 2 N–H and O–H groups in total. The number of nitrogens with one attached hydrogen (secondary N) is 1. The molecule has 3 aromatic rings. The highest BCUT2D eigenvalue weighted by Crippen LogP contribution is 2.33. The normalized spacial score (nSPS) is 16.3. The van der Waals surface area contributed by atoms with E-state index in [9.17, 15) is 9.90 Å². The van der Waals surface area contributed by atoms with Crippen LogP contribution >= 0.6 is 0 Å². The second kappa shape index (κ2) is 9.43. The fourth-order valence-corrected chi connectivity index (χ4v) is 3.87. The molecule has 0 saturated carbocycles. The summed E-state index contributed by atoms with van der Waals surface area (Å²) in [6, 6.07) is 15.2. The van der Waals surface area contributed by atoms with Crippen LogP contribution in [0, 0.1) is 6.92 Å². The molecule has 1 aliphatic rings. The smallest absolute Gasteiger partial charge is 0.258 e. The molecule has 1 aromatic carbocycles. The van der Waals surface area contributed by atoms with E-state index in [1.54, 1.807) is 17.0 Å². The second-order valence-electron chi connectivity index (χ2n) is 7.43. The Labute approximate surface area is 181 Å². The average molecular weight is 421 g/mol. The molecule has 3 heterocycles. The molecule has 1 amide bonds. The summed E-state index contributed by atoms with van der Waals surface area (Å²) < 4.78 is 11.7. The topological polar surface area (TPSA) is 87.8 Å². The first-order valence-corrected chi connectivity index (χ1v) is 10.5. The minimum absolute atomic E-state index is 0.155. The molecule has 162 valence electrons. The number of hydrogen-bond donors (Lipinski definition) is 2. The lowest BCUT2D eigenvalue weighted by Crippen LogP contribution is -2.51. The van der Waals surface area contributed by atoms with Gasteiger partial charge in [0.25, 0.3) is 5.91 Å². The number of ether oxygens (including phenoxy) is 1. The summed E-state index contributed by atoms with van der Waals surface area (Å²) >= 11 is 0. The van der Waals surface area contributed by atoms with Crippen molar-refractivity contribution in [3.05, 3.63) is 65.5 Å². The predicted molar refractivity (Wildman–Crippen MR) is 117 cm³/mol. The summed E-state index contributed by atoms with van der Waals surface area (Å²) in [4.78, 5) is 20.2. The van der Waals surface area contributed by atoms with Crippen LogP contribution in [0.3, 0.4) is 0 Å². The number of carbonyl (C=O) groups is 1. The summed E-state index contributed by atoms with van der Waals surface area (Å²) in [6.07, 6.45) is -0.336. The molecule has 0 spiro atoms. The third kappa shape index (κ3) is 4.39. The number of morpholine rings is 1. The Hall–Kier alpha value is -3.00. The summed E-state index contributed by atoms with van der Waals surface area (Å²) in [6.45, 7) is 5.99. The zero-order valence-electron chi connectivity index (χ0n) is 17.8. The number of furan rings is 1. The van der Waals surface area contributed by atoms with E-state index in [-0.39, 0.29) is 18.7 Å². The van der Waals surface area contributed by atoms with E-state index in [4.69, 9.17) is 14.1 Å². The molecule has 31 heavy (non-hydrogen) atoms. The molecular weight excluding hydrogens is 394 g/mol. The fraction of sp³-hybridized carbons (Fsp3) is 0.333. The largest absolute Gasteiger partial charge is 0.459 e. The number of carbonyl (C=O) groups excluding carboxylic acids is 1. The SMILES string of the molecule is CCN(C(=O)c1c(-c2ccc(CO)o2)cc(-c2ccccc2)nc1C)C1CNCCO1. The van der Waals surface area contributed by atoms with Gasteiger partial charge in [0.1, 0.15) is 24.4 Å². The Morgan fingerprint density at radius 2 is 2.06 bits per heavy atom. The number of nitrogens with zero attached hydrogens (tertiary/aromatic N) is 2. The van der Waals surface area contributed by atoms with Gasteiger partial charge in [0.2, 0.25) is 0 Å². The predicted octanol–water partition coefficient (Wildman–Crippen LogP) is 3.22. The first kappa shape index (κ1) is 21.2. The Morgan fingerprint density at radius 1 is 1.26 bits per heavy atom. The molecule has 1 saturated heterocycles. The van der Waals surface area contributed by atoms with Gasteiger partial charge in [-0.2, -0.15) is 0 Å². The van der Waals surface area contributed by atoms with Crippen LogP contribution in [-0.2, 0) is 11.3 Å². The second-order valence-corrected chi connectivity index (χ2v) is 7.43. The van der Waals surface area contributed by atoms with Gasteiger partial charge in [0, 0.05) is 30.8 Å². The number of rotatable bonds is 6. The maximum absolute atomic E-state index is 13.7. The number of hydrogen-bond acceptors (Lipinski definition) is 6. The van der Waals surface area contributed by atoms with Crippen molar-refractivity contribution in [1.29, 1.82) is 0 Å². The maximum Gasteiger partial charge on any atom is 0.258 e. The Bertz CT molecular complexity index is 1040. The van der Waals surface area contributed by atoms with E-state index in [0.29, 0.717) is 48.0 Å². The molecular formula is C24H27N3O4. The number of aromatic nitrogens is 1. The van der Waals surface area contributed by atoms with Crippen molar-refractivity contribution < 1.29 is 19.1 Å². The van der Waals surface area contributed by atoms with Gasteiger partial charge in [0.15, 0.2) is 0 Å². The summed E-state index contributed by atoms with van der Waals surface area (Å²) in [5, 5.41) is 12.7. The van der Waals surface area contributed by atoms with E-state index in [2.05, 4.69) is 5.32 Å². The minimum atomic E-state index is -0.336. The van der Waals surface area contributed by atoms with Crippen molar-refractivity contribution in [3.8, 4) is 22.6 Å². The van der Waals surface area contributed by atoms with Gasteiger partial charge in [0.05, 0.1) is 23.6 Å². The molecule has 1 aliphatic heterocycles. The highest BCUT2D eigenvalue weighted by Gasteiger charge is 2.30. The molecule has 0 aliphatic carbocycles. The molecule has 7 heteroatoms. The zero-order valence-corrected chi connectivity index (χ0v) is 17.8. The molecule has 1 unspecified atom stereocenters. The Kier molecular flexibility index (Phi) is 6.46. The molecule has 1 atom stereocenters. The number of benzene rings is 1. The van der Waals surface area contributed by atoms with Crippen molar-refractivity contribution in [1.82, 2.24) is 15.2 Å². The monoisotopic (exact) mass is 421 g/mol. The van der Waals surface area contributed by atoms with Crippen molar-refractivity contribution >= 4 is 5.91 Å². The van der Waals surface area contributed by atoms with Crippen LogP contribution < -0.4 is 5.32 Å². The Morgan fingerprint density at radius 3 is 2.71 bits per heavy atom. The van der Waals surface area contributed by atoms with Crippen molar-refractivity contribution in [2.45, 2.75) is 26.7 Å². The van der Waals surface area contributed by atoms with E-state index in [1.165, 1.54) is 0 Å². The van der Waals surface area contributed by atoms with Crippen LogP contribution in [0.2, 0.25) is 0 Å².